The van der Waals surface area contributed by atoms with Crippen LogP contribution < -0.4 is 10.2 Å². The molecular formula is C16H19BrN4. The van der Waals surface area contributed by atoms with Gasteiger partial charge < -0.3 is 10.2 Å². The van der Waals surface area contributed by atoms with E-state index in [2.05, 4.69) is 67.3 Å². The smallest absolute Gasteiger partial charge is 0.152 e. The fourth-order valence-electron chi connectivity index (χ4n) is 2.75. The van der Waals surface area contributed by atoms with Gasteiger partial charge in [0, 0.05) is 18.8 Å². The highest BCUT2D eigenvalue weighted by atomic mass is 79.9. The van der Waals surface area contributed by atoms with Gasteiger partial charge in [0.2, 0.25) is 0 Å². The Morgan fingerprint density at radius 1 is 1.24 bits per heavy atom. The number of halogens is 1. The van der Waals surface area contributed by atoms with E-state index in [9.17, 15) is 0 Å². The van der Waals surface area contributed by atoms with Gasteiger partial charge in [0.05, 0.1) is 0 Å². The zero-order valence-electron chi connectivity index (χ0n) is 12.1. The van der Waals surface area contributed by atoms with Gasteiger partial charge in [0.15, 0.2) is 5.82 Å². The fraction of sp³-hybridized carbons (Fsp3) is 0.375. The van der Waals surface area contributed by atoms with E-state index in [-0.39, 0.29) is 0 Å². The van der Waals surface area contributed by atoms with Crippen molar-refractivity contribution in [3.05, 3.63) is 40.6 Å². The minimum atomic E-state index is 0.839. The first-order chi connectivity index (χ1) is 10.3. The summed E-state index contributed by atoms with van der Waals surface area (Å²) in [5.41, 5.74) is 2.65. The standard InChI is InChI=1S/C16H19BrN4/c1-2-18-15-14(17)16(20-11-19-15)21-10-6-5-8-12-7-3-4-9-13(12)21/h3-4,7,9,11H,2,5-6,8,10H2,1H3,(H,18,19,20). The molecule has 5 heteroatoms. The minimum absolute atomic E-state index is 0.839. The van der Waals surface area contributed by atoms with Gasteiger partial charge in [-0.15, -0.1) is 0 Å². The molecule has 1 aliphatic rings. The van der Waals surface area contributed by atoms with Crippen molar-refractivity contribution in [1.29, 1.82) is 0 Å². The van der Waals surface area contributed by atoms with Crippen molar-refractivity contribution < 1.29 is 0 Å². The van der Waals surface area contributed by atoms with Gasteiger partial charge in [-0.25, -0.2) is 9.97 Å². The summed E-state index contributed by atoms with van der Waals surface area (Å²) in [5, 5.41) is 3.27. The Bertz CT molecular complexity index is 629. The average Bonchev–Trinajstić information content (AvgIpc) is 2.72. The third-order valence-corrected chi connectivity index (χ3v) is 4.46. The van der Waals surface area contributed by atoms with Crippen LogP contribution in [0.3, 0.4) is 0 Å². The Labute approximate surface area is 133 Å². The second-order valence-corrected chi connectivity index (χ2v) is 5.92. The van der Waals surface area contributed by atoms with E-state index in [1.54, 1.807) is 6.33 Å². The summed E-state index contributed by atoms with van der Waals surface area (Å²) in [7, 11) is 0. The normalized spacial score (nSPS) is 14.5. The molecule has 0 radical (unpaired) electrons. The number of aromatic nitrogens is 2. The lowest BCUT2D eigenvalue weighted by atomic mass is 10.1. The number of para-hydroxylation sites is 1. The molecule has 0 spiro atoms. The molecule has 0 fully saturated rings. The summed E-state index contributed by atoms with van der Waals surface area (Å²) < 4.78 is 0.934. The van der Waals surface area contributed by atoms with E-state index < -0.39 is 0 Å². The number of nitrogens with one attached hydrogen (secondary N) is 1. The Morgan fingerprint density at radius 3 is 2.95 bits per heavy atom. The molecule has 1 N–H and O–H groups in total. The number of aryl methyl sites for hydroxylation is 1. The van der Waals surface area contributed by atoms with Gasteiger partial charge in [-0.3, -0.25) is 0 Å². The van der Waals surface area contributed by atoms with Crippen LogP contribution in [0.2, 0.25) is 0 Å². The molecule has 2 heterocycles. The lowest BCUT2D eigenvalue weighted by Crippen LogP contribution is -2.20. The van der Waals surface area contributed by atoms with Crippen molar-refractivity contribution in [2.24, 2.45) is 0 Å². The van der Waals surface area contributed by atoms with Crippen molar-refractivity contribution in [2.45, 2.75) is 26.2 Å². The van der Waals surface area contributed by atoms with E-state index in [4.69, 9.17) is 0 Å². The Hall–Kier alpha value is -1.62. The lowest BCUT2D eigenvalue weighted by molar-refractivity contribution is 0.756. The molecule has 0 aliphatic carbocycles. The van der Waals surface area contributed by atoms with E-state index >= 15 is 0 Å². The Balaban J connectivity index is 2.06. The van der Waals surface area contributed by atoms with Crippen LogP contribution in [0.5, 0.6) is 0 Å². The van der Waals surface area contributed by atoms with E-state index in [1.165, 1.54) is 24.1 Å². The number of nitrogens with zero attached hydrogens (tertiary/aromatic N) is 3. The highest BCUT2D eigenvalue weighted by molar-refractivity contribution is 9.10. The fourth-order valence-corrected chi connectivity index (χ4v) is 3.31. The average molecular weight is 347 g/mol. The van der Waals surface area contributed by atoms with Crippen molar-refractivity contribution in [3.8, 4) is 0 Å². The predicted molar refractivity (Wildman–Crippen MR) is 90.3 cm³/mol. The van der Waals surface area contributed by atoms with Crippen LogP contribution in [0.15, 0.2) is 35.1 Å². The summed E-state index contributed by atoms with van der Waals surface area (Å²) in [6.45, 7) is 3.89. The molecule has 0 bridgehead atoms. The molecule has 1 aromatic heterocycles. The van der Waals surface area contributed by atoms with E-state index in [1.807, 2.05) is 0 Å². The summed E-state index contributed by atoms with van der Waals surface area (Å²) in [4.78, 5) is 11.1. The zero-order valence-corrected chi connectivity index (χ0v) is 13.7. The molecule has 0 amide bonds. The van der Waals surface area contributed by atoms with Crippen LogP contribution >= 0.6 is 15.9 Å². The molecule has 0 saturated carbocycles. The maximum Gasteiger partial charge on any atom is 0.152 e. The number of rotatable bonds is 3. The third kappa shape index (κ3) is 2.88. The number of hydrogen-bond donors (Lipinski definition) is 1. The van der Waals surface area contributed by atoms with Crippen LogP contribution in [-0.4, -0.2) is 23.1 Å². The first-order valence-corrected chi connectivity index (χ1v) is 8.20. The molecule has 3 rings (SSSR count). The molecule has 110 valence electrons. The highest BCUT2D eigenvalue weighted by Crippen LogP contribution is 2.37. The highest BCUT2D eigenvalue weighted by Gasteiger charge is 2.21. The predicted octanol–water partition coefficient (Wildman–Crippen LogP) is 4.15. The van der Waals surface area contributed by atoms with Gasteiger partial charge in [0.25, 0.3) is 0 Å². The molecule has 0 saturated heterocycles. The lowest BCUT2D eigenvalue weighted by Gasteiger charge is -2.25. The molecule has 1 aromatic carbocycles. The molecule has 4 nitrogen and oxygen atoms in total. The topological polar surface area (TPSA) is 41.1 Å². The molecular weight excluding hydrogens is 328 g/mol. The number of benzene rings is 1. The maximum atomic E-state index is 4.51. The zero-order chi connectivity index (χ0) is 14.7. The Kier molecular flexibility index (Phi) is 4.39. The maximum absolute atomic E-state index is 4.51. The second kappa shape index (κ2) is 6.43. The van der Waals surface area contributed by atoms with Crippen LogP contribution in [0.1, 0.15) is 25.3 Å². The minimum Gasteiger partial charge on any atom is -0.369 e. The van der Waals surface area contributed by atoms with E-state index in [0.717, 1.165) is 35.6 Å². The van der Waals surface area contributed by atoms with Gasteiger partial charge >= 0.3 is 0 Å². The largest absolute Gasteiger partial charge is 0.369 e. The molecule has 0 atom stereocenters. The SMILES string of the molecule is CCNc1ncnc(N2CCCCc3ccccc32)c1Br. The first kappa shape index (κ1) is 14.3. The van der Waals surface area contributed by atoms with Crippen molar-refractivity contribution in [3.63, 3.8) is 0 Å². The quantitative estimate of drug-likeness (QED) is 0.906. The first-order valence-electron chi connectivity index (χ1n) is 7.41. The monoisotopic (exact) mass is 346 g/mol. The Morgan fingerprint density at radius 2 is 2.10 bits per heavy atom. The number of hydrogen-bond acceptors (Lipinski definition) is 4. The van der Waals surface area contributed by atoms with Gasteiger partial charge in [-0.2, -0.15) is 0 Å². The number of anilines is 3. The summed E-state index contributed by atoms with van der Waals surface area (Å²) in [5.74, 6) is 1.79. The summed E-state index contributed by atoms with van der Waals surface area (Å²) in [6.07, 6.45) is 5.15. The third-order valence-electron chi connectivity index (χ3n) is 3.73. The summed E-state index contributed by atoms with van der Waals surface area (Å²) >= 11 is 3.67. The van der Waals surface area contributed by atoms with Crippen molar-refractivity contribution in [1.82, 2.24) is 9.97 Å². The van der Waals surface area contributed by atoms with Crippen molar-refractivity contribution in [2.75, 3.05) is 23.3 Å². The molecule has 1 aliphatic heterocycles. The molecule has 0 unspecified atom stereocenters. The van der Waals surface area contributed by atoms with Crippen molar-refractivity contribution >= 4 is 33.3 Å². The molecule has 21 heavy (non-hydrogen) atoms. The van der Waals surface area contributed by atoms with Crippen LogP contribution in [0.4, 0.5) is 17.3 Å². The van der Waals surface area contributed by atoms with Gasteiger partial charge in [0.1, 0.15) is 16.6 Å². The van der Waals surface area contributed by atoms with Gasteiger partial charge in [-0.1, -0.05) is 18.2 Å². The number of fused-ring (bicyclic) bond motifs is 1. The van der Waals surface area contributed by atoms with Crippen LogP contribution in [0.25, 0.3) is 0 Å². The summed E-state index contributed by atoms with van der Waals surface area (Å²) in [6, 6.07) is 8.61. The molecule has 2 aromatic rings. The second-order valence-electron chi connectivity index (χ2n) is 5.13. The van der Waals surface area contributed by atoms with E-state index in [0.29, 0.717) is 0 Å². The van der Waals surface area contributed by atoms with Gasteiger partial charge in [-0.05, 0) is 53.7 Å². The van der Waals surface area contributed by atoms with Crippen LogP contribution in [-0.2, 0) is 6.42 Å². The van der Waals surface area contributed by atoms with Crippen LogP contribution in [0, 0.1) is 0 Å².